The molecule has 0 unspecified atom stereocenters. The van der Waals surface area contributed by atoms with E-state index in [0.717, 1.165) is 11.1 Å². The van der Waals surface area contributed by atoms with Crippen LogP contribution >= 0.6 is 11.3 Å². The molecule has 1 aromatic carbocycles. The Bertz CT molecular complexity index is 782. The lowest BCUT2D eigenvalue weighted by molar-refractivity contribution is 0.102. The largest absolute Gasteiger partial charge is 0.383 e. The van der Waals surface area contributed by atoms with Crippen LogP contribution in [0.25, 0.3) is 0 Å². The molecule has 2 rings (SSSR count). The SMILES string of the molecule is CC(C)c1cnc(NC(=O)c2cccc(OS(C)(=O)=O)c2)s1. The smallest absolute Gasteiger partial charge is 0.306 e. The first-order valence-electron chi connectivity index (χ1n) is 6.51. The van der Waals surface area contributed by atoms with Gasteiger partial charge < -0.3 is 4.18 Å². The predicted octanol–water partition coefficient (Wildman–Crippen LogP) is 2.86. The summed E-state index contributed by atoms with van der Waals surface area (Å²) >= 11 is 1.41. The summed E-state index contributed by atoms with van der Waals surface area (Å²) in [6.45, 7) is 4.09. The van der Waals surface area contributed by atoms with Crippen LogP contribution in [0.2, 0.25) is 0 Å². The van der Waals surface area contributed by atoms with Crippen LogP contribution in [0.3, 0.4) is 0 Å². The fraction of sp³-hybridized carbons (Fsp3) is 0.286. The second kappa shape index (κ2) is 6.45. The Kier molecular flexibility index (Phi) is 4.82. The molecule has 0 saturated carbocycles. The Morgan fingerprint density at radius 2 is 2.09 bits per heavy atom. The third kappa shape index (κ3) is 4.54. The normalized spacial score (nSPS) is 11.5. The van der Waals surface area contributed by atoms with E-state index in [1.54, 1.807) is 18.3 Å². The van der Waals surface area contributed by atoms with Crippen molar-refractivity contribution in [1.82, 2.24) is 4.98 Å². The Morgan fingerprint density at radius 3 is 2.68 bits per heavy atom. The Morgan fingerprint density at radius 1 is 1.36 bits per heavy atom. The number of aromatic nitrogens is 1. The fourth-order valence-corrected chi connectivity index (χ4v) is 2.91. The van der Waals surface area contributed by atoms with Crippen molar-refractivity contribution in [1.29, 1.82) is 0 Å². The van der Waals surface area contributed by atoms with E-state index in [4.69, 9.17) is 4.18 Å². The summed E-state index contributed by atoms with van der Waals surface area (Å²) in [5.74, 6) is 0.0652. The number of thiazole rings is 1. The van der Waals surface area contributed by atoms with Crippen LogP contribution in [0.5, 0.6) is 5.75 Å². The minimum atomic E-state index is -3.63. The second-order valence-corrected chi connectivity index (χ2v) is 7.63. The van der Waals surface area contributed by atoms with E-state index in [1.807, 2.05) is 13.8 Å². The van der Waals surface area contributed by atoms with Crippen molar-refractivity contribution in [3.8, 4) is 5.75 Å². The lowest BCUT2D eigenvalue weighted by atomic mass is 10.2. The molecule has 0 radical (unpaired) electrons. The standard InChI is InChI=1S/C14H16N2O4S2/c1-9(2)12-8-15-14(21-12)16-13(17)10-5-4-6-11(7-10)20-22(3,18)19/h4-9H,1-3H3,(H,15,16,17). The summed E-state index contributed by atoms with van der Waals surface area (Å²) in [5, 5.41) is 3.19. The highest BCUT2D eigenvalue weighted by Gasteiger charge is 2.12. The molecule has 0 aliphatic rings. The number of hydrogen-bond acceptors (Lipinski definition) is 6. The first-order valence-corrected chi connectivity index (χ1v) is 9.14. The third-order valence-corrected chi connectivity index (χ3v) is 4.37. The van der Waals surface area contributed by atoms with Crippen LogP contribution < -0.4 is 9.50 Å². The number of nitrogens with zero attached hydrogens (tertiary/aromatic N) is 1. The zero-order valence-electron chi connectivity index (χ0n) is 12.4. The quantitative estimate of drug-likeness (QED) is 0.846. The molecule has 1 N–H and O–H groups in total. The summed E-state index contributed by atoms with van der Waals surface area (Å²) in [4.78, 5) is 17.4. The van der Waals surface area contributed by atoms with Gasteiger partial charge in [0.2, 0.25) is 0 Å². The zero-order chi connectivity index (χ0) is 16.3. The maximum absolute atomic E-state index is 12.2. The minimum absolute atomic E-state index is 0.0946. The van der Waals surface area contributed by atoms with Crippen LogP contribution in [0.1, 0.15) is 35.0 Å². The fourth-order valence-electron chi connectivity index (χ4n) is 1.64. The van der Waals surface area contributed by atoms with Crippen LogP contribution in [0, 0.1) is 0 Å². The highest BCUT2D eigenvalue weighted by atomic mass is 32.2. The van der Waals surface area contributed by atoms with Crippen LogP contribution in [0.15, 0.2) is 30.5 Å². The number of amides is 1. The highest BCUT2D eigenvalue weighted by molar-refractivity contribution is 7.86. The van der Waals surface area contributed by atoms with E-state index >= 15 is 0 Å². The molecule has 8 heteroatoms. The number of nitrogens with one attached hydrogen (secondary N) is 1. The van der Waals surface area contributed by atoms with Gasteiger partial charge in [-0.25, -0.2) is 4.98 Å². The van der Waals surface area contributed by atoms with Gasteiger partial charge in [-0.05, 0) is 24.1 Å². The number of anilines is 1. The van der Waals surface area contributed by atoms with Gasteiger partial charge in [-0.3, -0.25) is 10.1 Å². The van der Waals surface area contributed by atoms with Gasteiger partial charge in [0.25, 0.3) is 5.91 Å². The van der Waals surface area contributed by atoms with Gasteiger partial charge >= 0.3 is 10.1 Å². The molecule has 22 heavy (non-hydrogen) atoms. The Labute approximate surface area is 133 Å². The molecule has 0 atom stereocenters. The van der Waals surface area contributed by atoms with E-state index in [2.05, 4.69) is 10.3 Å². The van der Waals surface area contributed by atoms with E-state index in [1.165, 1.54) is 23.5 Å². The zero-order valence-corrected chi connectivity index (χ0v) is 14.0. The number of benzene rings is 1. The number of hydrogen-bond donors (Lipinski definition) is 1. The van der Waals surface area contributed by atoms with Gasteiger partial charge in [0.1, 0.15) is 5.75 Å². The average Bonchev–Trinajstić information content (AvgIpc) is 2.85. The molecule has 0 saturated heterocycles. The van der Waals surface area contributed by atoms with Crippen molar-refractivity contribution >= 4 is 32.5 Å². The van der Waals surface area contributed by atoms with E-state index in [9.17, 15) is 13.2 Å². The predicted molar refractivity (Wildman–Crippen MR) is 86.1 cm³/mol. The molecule has 0 fully saturated rings. The first kappa shape index (κ1) is 16.4. The second-order valence-electron chi connectivity index (χ2n) is 4.99. The molecule has 1 aromatic heterocycles. The molecule has 0 spiro atoms. The lowest BCUT2D eigenvalue weighted by Crippen LogP contribution is -2.12. The summed E-state index contributed by atoms with van der Waals surface area (Å²) in [6, 6.07) is 5.96. The van der Waals surface area contributed by atoms with Gasteiger partial charge in [0.15, 0.2) is 5.13 Å². The van der Waals surface area contributed by atoms with Gasteiger partial charge in [0.05, 0.1) is 6.26 Å². The van der Waals surface area contributed by atoms with Crippen LogP contribution in [-0.2, 0) is 10.1 Å². The van der Waals surface area contributed by atoms with Crippen molar-refractivity contribution in [3.63, 3.8) is 0 Å². The molecule has 0 aliphatic carbocycles. The maximum Gasteiger partial charge on any atom is 0.306 e. The van der Waals surface area contributed by atoms with Crippen molar-refractivity contribution in [2.45, 2.75) is 19.8 Å². The van der Waals surface area contributed by atoms with Crippen LogP contribution in [0.4, 0.5) is 5.13 Å². The first-order chi connectivity index (χ1) is 10.2. The molecule has 1 heterocycles. The summed E-state index contributed by atoms with van der Waals surface area (Å²) in [5.41, 5.74) is 0.294. The summed E-state index contributed by atoms with van der Waals surface area (Å²) < 4.78 is 27.0. The Hall–Kier alpha value is -1.93. The number of carbonyl (C=O) groups excluding carboxylic acids is 1. The maximum atomic E-state index is 12.2. The summed E-state index contributed by atoms with van der Waals surface area (Å²) in [6.07, 6.45) is 2.68. The molecular formula is C14H16N2O4S2. The Balaban J connectivity index is 2.13. The monoisotopic (exact) mass is 340 g/mol. The van der Waals surface area contributed by atoms with Gasteiger partial charge in [-0.1, -0.05) is 19.9 Å². The van der Waals surface area contributed by atoms with Crippen molar-refractivity contribution in [3.05, 3.63) is 40.9 Å². The molecule has 1 amide bonds. The molecule has 0 aliphatic heterocycles. The van der Waals surface area contributed by atoms with Crippen molar-refractivity contribution in [2.24, 2.45) is 0 Å². The van der Waals surface area contributed by atoms with Crippen molar-refractivity contribution in [2.75, 3.05) is 11.6 Å². The number of rotatable bonds is 5. The van der Waals surface area contributed by atoms with Gasteiger partial charge in [0, 0.05) is 16.6 Å². The minimum Gasteiger partial charge on any atom is -0.383 e. The van der Waals surface area contributed by atoms with Gasteiger partial charge in [-0.2, -0.15) is 8.42 Å². The molecule has 2 aromatic rings. The van der Waals surface area contributed by atoms with Crippen LogP contribution in [-0.4, -0.2) is 25.6 Å². The number of carbonyl (C=O) groups is 1. The lowest BCUT2D eigenvalue weighted by Gasteiger charge is -2.05. The van der Waals surface area contributed by atoms with Crippen molar-refractivity contribution < 1.29 is 17.4 Å². The molecule has 0 bridgehead atoms. The van der Waals surface area contributed by atoms with E-state index < -0.39 is 10.1 Å². The topological polar surface area (TPSA) is 85.4 Å². The third-order valence-electron chi connectivity index (χ3n) is 2.66. The molecule has 118 valence electrons. The average molecular weight is 340 g/mol. The molecular weight excluding hydrogens is 324 g/mol. The van der Waals surface area contributed by atoms with E-state index in [0.29, 0.717) is 16.6 Å². The highest BCUT2D eigenvalue weighted by Crippen LogP contribution is 2.25. The van der Waals surface area contributed by atoms with E-state index in [-0.39, 0.29) is 11.7 Å². The van der Waals surface area contributed by atoms with Gasteiger partial charge in [-0.15, -0.1) is 11.3 Å². The summed E-state index contributed by atoms with van der Waals surface area (Å²) in [7, 11) is -3.63. The molecule has 6 nitrogen and oxygen atoms in total.